The van der Waals surface area contributed by atoms with E-state index >= 15 is 0 Å². The van der Waals surface area contributed by atoms with Crippen molar-refractivity contribution in [3.8, 4) is 6.07 Å². The Hall–Kier alpha value is -2.02. The Morgan fingerprint density at radius 1 is 1.39 bits per heavy atom. The van der Waals surface area contributed by atoms with Crippen LogP contribution in [-0.4, -0.2) is 23.6 Å². The minimum absolute atomic E-state index is 0.360. The molecule has 1 amide bonds. The third kappa shape index (κ3) is 4.10. The number of hydrogen-bond donors (Lipinski definition) is 0. The van der Waals surface area contributed by atoms with E-state index in [4.69, 9.17) is 10.00 Å². The first-order valence-electron chi connectivity index (χ1n) is 5.75. The molecule has 4 nitrogen and oxygen atoms in total. The molecule has 0 unspecified atom stereocenters. The molecule has 0 aromatic heterocycles. The SMILES string of the molecule is CN(Cc1ccccc1C#N)C(=O)OC(C)(C)C. The van der Waals surface area contributed by atoms with Crippen LogP contribution in [0.5, 0.6) is 0 Å². The van der Waals surface area contributed by atoms with Crippen LogP contribution >= 0.6 is 0 Å². The summed E-state index contributed by atoms with van der Waals surface area (Å²) in [5.41, 5.74) is 0.876. The maximum absolute atomic E-state index is 11.8. The van der Waals surface area contributed by atoms with Crippen molar-refractivity contribution in [2.45, 2.75) is 32.9 Å². The summed E-state index contributed by atoms with van der Waals surface area (Å²) in [5.74, 6) is 0. The lowest BCUT2D eigenvalue weighted by molar-refractivity contribution is 0.0285. The molecule has 0 radical (unpaired) electrons. The fourth-order valence-electron chi connectivity index (χ4n) is 1.43. The molecule has 0 fully saturated rings. The minimum atomic E-state index is -0.514. The summed E-state index contributed by atoms with van der Waals surface area (Å²) in [6.07, 6.45) is -0.393. The van der Waals surface area contributed by atoms with E-state index in [2.05, 4.69) is 6.07 Å². The van der Waals surface area contributed by atoms with E-state index in [0.29, 0.717) is 12.1 Å². The molecule has 4 heteroatoms. The van der Waals surface area contributed by atoms with E-state index in [1.807, 2.05) is 32.9 Å². The average molecular weight is 246 g/mol. The molecule has 0 bridgehead atoms. The third-order valence-corrected chi connectivity index (χ3v) is 2.25. The zero-order valence-corrected chi connectivity index (χ0v) is 11.2. The van der Waals surface area contributed by atoms with Gasteiger partial charge in [0.05, 0.1) is 11.6 Å². The fourth-order valence-corrected chi connectivity index (χ4v) is 1.43. The highest BCUT2D eigenvalue weighted by Crippen LogP contribution is 2.13. The first kappa shape index (κ1) is 14.0. The van der Waals surface area contributed by atoms with Crippen LogP contribution in [0.4, 0.5) is 4.79 Å². The Balaban J connectivity index is 2.73. The van der Waals surface area contributed by atoms with E-state index in [9.17, 15) is 4.79 Å². The third-order valence-electron chi connectivity index (χ3n) is 2.25. The highest BCUT2D eigenvalue weighted by molar-refractivity contribution is 5.67. The van der Waals surface area contributed by atoms with Crippen molar-refractivity contribution in [3.63, 3.8) is 0 Å². The van der Waals surface area contributed by atoms with Crippen molar-refractivity contribution in [3.05, 3.63) is 35.4 Å². The van der Waals surface area contributed by atoms with E-state index in [1.165, 1.54) is 4.90 Å². The van der Waals surface area contributed by atoms with Gasteiger partial charge < -0.3 is 9.64 Å². The van der Waals surface area contributed by atoms with E-state index < -0.39 is 11.7 Å². The summed E-state index contributed by atoms with van der Waals surface area (Å²) in [5, 5.41) is 8.97. The molecule has 0 aliphatic rings. The van der Waals surface area contributed by atoms with Gasteiger partial charge in [0.1, 0.15) is 5.60 Å². The molecule has 0 spiro atoms. The number of rotatable bonds is 2. The molecule has 18 heavy (non-hydrogen) atoms. The lowest BCUT2D eigenvalue weighted by Crippen LogP contribution is -2.33. The molecule has 0 aliphatic heterocycles. The van der Waals surface area contributed by atoms with Crippen LogP contribution in [0.1, 0.15) is 31.9 Å². The minimum Gasteiger partial charge on any atom is -0.444 e. The first-order valence-corrected chi connectivity index (χ1v) is 5.75. The molecule has 0 atom stereocenters. The first-order chi connectivity index (χ1) is 8.33. The second-order valence-corrected chi connectivity index (χ2v) is 5.11. The van der Waals surface area contributed by atoms with E-state index in [-0.39, 0.29) is 0 Å². The van der Waals surface area contributed by atoms with Crippen LogP contribution in [0.3, 0.4) is 0 Å². The van der Waals surface area contributed by atoms with Gasteiger partial charge in [-0.3, -0.25) is 0 Å². The largest absolute Gasteiger partial charge is 0.444 e. The number of hydrogen-bond acceptors (Lipinski definition) is 3. The summed E-state index contributed by atoms with van der Waals surface area (Å²) in [6.45, 7) is 5.82. The summed E-state index contributed by atoms with van der Waals surface area (Å²) in [7, 11) is 1.65. The summed E-state index contributed by atoms with van der Waals surface area (Å²) >= 11 is 0. The maximum Gasteiger partial charge on any atom is 0.410 e. The Kier molecular flexibility index (Phi) is 4.33. The quantitative estimate of drug-likeness (QED) is 0.806. The Bertz CT molecular complexity index is 469. The van der Waals surface area contributed by atoms with Gasteiger partial charge in [0.2, 0.25) is 0 Å². The van der Waals surface area contributed by atoms with Gasteiger partial charge >= 0.3 is 6.09 Å². The van der Waals surface area contributed by atoms with Gasteiger partial charge in [-0.1, -0.05) is 18.2 Å². The average Bonchev–Trinajstić information content (AvgIpc) is 2.27. The lowest BCUT2D eigenvalue weighted by atomic mass is 10.1. The number of nitrogens with zero attached hydrogens (tertiary/aromatic N) is 2. The Morgan fingerprint density at radius 2 is 2.00 bits per heavy atom. The van der Waals surface area contributed by atoms with Gasteiger partial charge in [0.15, 0.2) is 0 Å². The molecular weight excluding hydrogens is 228 g/mol. The second kappa shape index (κ2) is 5.54. The predicted octanol–water partition coefficient (Wildman–Crippen LogP) is 2.93. The number of nitriles is 1. The Labute approximate surface area is 108 Å². The van der Waals surface area contributed by atoms with Crippen molar-refractivity contribution in [2.24, 2.45) is 0 Å². The van der Waals surface area contributed by atoms with E-state index in [0.717, 1.165) is 5.56 Å². The van der Waals surface area contributed by atoms with Crippen molar-refractivity contribution in [1.82, 2.24) is 4.90 Å². The molecule has 0 aliphatic carbocycles. The number of carbonyl (C=O) groups is 1. The summed E-state index contributed by atoms with van der Waals surface area (Å²) < 4.78 is 5.25. The van der Waals surface area contributed by atoms with Crippen molar-refractivity contribution in [1.29, 1.82) is 5.26 Å². The van der Waals surface area contributed by atoms with Crippen LogP contribution in [-0.2, 0) is 11.3 Å². The van der Waals surface area contributed by atoms with Gasteiger partial charge in [-0.2, -0.15) is 5.26 Å². The molecular formula is C14H18N2O2. The molecule has 0 N–H and O–H groups in total. The number of amides is 1. The highest BCUT2D eigenvalue weighted by Gasteiger charge is 2.20. The maximum atomic E-state index is 11.8. The zero-order valence-electron chi connectivity index (χ0n) is 11.2. The molecule has 96 valence electrons. The van der Waals surface area contributed by atoms with E-state index in [1.54, 1.807) is 19.2 Å². The number of ether oxygens (including phenoxy) is 1. The van der Waals surface area contributed by atoms with Gasteiger partial charge in [0.25, 0.3) is 0 Å². The lowest BCUT2D eigenvalue weighted by Gasteiger charge is -2.24. The van der Waals surface area contributed by atoms with Gasteiger partial charge in [-0.05, 0) is 32.4 Å². The van der Waals surface area contributed by atoms with Crippen molar-refractivity contribution < 1.29 is 9.53 Å². The van der Waals surface area contributed by atoms with Crippen LogP contribution in [0.2, 0.25) is 0 Å². The van der Waals surface area contributed by atoms with Gasteiger partial charge in [0, 0.05) is 13.6 Å². The molecule has 0 heterocycles. The number of carbonyl (C=O) groups excluding carboxylic acids is 1. The van der Waals surface area contributed by atoms with Crippen LogP contribution in [0, 0.1) is 11.3 Å². The highest BCUT2D eigenvalue weighted by atomic mass is 16.6. The van der Waals surface area contributed by atoms with Gasteiger partial charge in [-0.25, -0.2) is 4.79 Å². The Morgan fingerprint density at radius 3 is 2.56 bits per heavy atom. The van der Waals surface area contributed by atoms with Crippen LogP contribution in [0.15, 0.2) is 24.3 Å². The number of benzene rings is 1. The smallest absolute Gasteiger partial charge is 0.410 e. The molecule has 0 saturated carbocycles. The topological polar surface area (TPSA) is 53.3 Å². The van der Waals surface area contributed by atoms with Crippen LogP contribution in [0.25, 0.3) is 0 Å². The fraction of sp³-hybridized carbons (Fsp3) is 0.429. The standard InChI is InChI=1S/C14H18N2O2/c1-14(2,3)18-13(17)16(4)10-12-8-6-5-7-11(12)9-15/h5-8H,10H2,1-4H3. The normalized spacial score (nSPS) is 10.6. The summed E-state index contributed by atoms with van der Waals surface area (Å²) in [6, 6.07) is 9.32. The zero-order chi connectivity index (χ0) is 13.8. The molecule has 1 aromatic rings. The monoisotopic (exact) mass is 246 g/mol. The molecule has 0 saturated heterocycles. The van der Waals surface area contributed by atoms with Crippen molar-refractivity contribution >= 4 is 6.09 Å². The predicted molar refractivity (Wildman–Crippen MR) is 68.9 cm³/mol. The second-order valence-electron chi connectivity index (χ2n) is 5.11. The van der Waals surface area contributed by atoms with Gasteiger partial charge in [-0.15, -0.1) is 0 Å². The summed E-state index contributed by atoms with van der Waals surface area (Å²) in [4.78, 5) is 13.2. The van der Waals surface area contributed by atoms with Crippen LogP contribution < -0.4 is 0 Å². The van der Waals surface area contributed by atoms with Crippen molar-refractivity contribution in [2.75, 3.05) is 7.05 Å². The molecule has 1 rings (SSSR count). The molecule has 1 aromatic carbocycles.